The van der Waals surface area contributed by atoms with E-state index >= 15 is 0 Å². The van der Waals surface area contributed by atoms with Gasteiger partial charge in [-0.05, 0) is 24.6 Å². The van der Waals surface area contributed by atoms with E-state index in [0.29, 0.717) is 13.2 Å². The van der Waals surface area contributed by atoms with Gasteiger partial charge in [0.05, 0.1) is 25.0 Å². The Morgan fingerprint density at radius 2 is 1.94 bits per heavy atom. The predicted octanol–water partition coefficient (Wildman–Crippen LogP) is 2.93. The third kappa shape index (κ3) is 3.00. The van der Waals surface area contributed by atoms with Crippen molar-refractivity contribution in [3.8, 4) is 0 Å². The largest absolute Gasteiger partial charge is 0.468 e. The predicted molar refractivity (Wildman–Crippen MR) is 71.2 cm³/mol. The van der Waals surface area contributed by atoms with Crippen LogP contribution in [0.25, 0.3) is 0 Å². The van der Waals surface area contributed by atoms with E-state index in [0.717, 1.165) is 5.76 Å². The summed E-state index contributed by atoms with van der Waals surface area (Å²) in [5, 5.41) is 3.50. The second kappa shape index (κ2) is 5.85. The van der Waals surface area contributed by atoms with E-state index in [4.69, 9.17) is 9.15 Å². The van der Waals surface area contributed by atoms with Gasteiger partial charge in [-0.25, -0.2) is 0 Å². The van der Waals surface area contributed by atoms with Crippen LogP contribution in [-0.2, 0) is 16.8 Å². The molecule has 1 N–H and O–H groups in total. The molecule has 1 heterocycles. The van der Waals surface area contributed by atoms with E-state index in [-0.39, 0.29) is 5.54 Å². The molecule has 0 aliphatic carbocycles. The summed E-state index contributed by atoms with van der Waals surface area (Å²) in [6, 6.07) is 14.2. The molecule has 0 radical (unpaired) electrons. The zero-order chi connectivity index (χ0) is 12.8. The first-order valence-electron chi connectivity index (χ1n) is 6.06. The van der Waals surface area contributed by atoms with Gasteiger partial charge in [0.25, 0.3) is 0 Å². The zero-order valence-electron chi connectivity index (χ0n) is 10.8. The van der Waals surface area contributed by atoms with Gasteiger partial charge in [0.1, 0.15) is 5.76 Å². The van der Waals surface area contributed by atoms with Crippen molar-refractivity contribution >= 4 is 0 Å². The molecule has 0 aliphatic rings. The molecule has 1 aromatic heterocycles. The lowest BCUT2D eigenvalue weighted by Gasteiger charge is -2.30. The van der Waals surface area contributed by atoms with E-state index in [1.807, 2.05) is 30.3 Å². The highest BCUT2D eigenvalue weighted by molar-refractivity contribution is 5.24. The fourth-order valence-corrected chi connectivity index (χ4v) is 2.03. The molecule has 0 fully saturated rings. The van der Waals surface area contributed by atoms with Gasteiger partial charge in [0, 0.05) is 7.11 Å². The average Bonchev–Trinajstić information content (AvgIpc) is 2.91. The van der Waals surface area contributed by atoms with Crippen LogP contribution in [0, 0.1) is 0 Å². The minimum atomic E-state index is -0.219. The van der Waals surface area contributed by atoms with Crippen LogP contribution in [0.3, 0.4) is 0 Å². The van der Waals surface area contributed by atoms with Gasteiger partial charge in [-0.2, -0.15) is 0 Å². The van der Waals surface area contributed by atoms with Crippen molar-refractivity contribution in [2.45, 2.75) is 19.0 Å². The average molecular weight is 245 g/mol. The quantitative estimate of drug-likeness (QED) is 0.849. The van der Waals surface area contributed by atoms with E-state index in [2.05, 4.69) is 24.4 Å². The van der Waals surface area contributed by atoms with Gasteiger partial charge in [0.2, 0.25) is 0 Å². The monoisotopic (exact) mass is 245 g/mol. The third-order valence-corrected chi connectivity index (χ3v) is 3.08. The normalized spacial score (nSPS) is 14.3. The number of rotatable bonds is 6. The van der Waals surface area contributed by atoms with Gasteiger partial charge in [-0.15, -0.1) is 0 Å². The molecular weight excluding hydrogens is 226 g/mol. The Kier molecular flexibility index (Phi) is 4.18. The van der Waals surface area contributed by atoms with Crippen molar-refractivity contribution < 1.29 is 9.15 Å². The van der Waals surface area contributed by atoms with E-state index in [1.54, 1.807) is 13.4 Å². The van der Waals surface area contributed by atoms with Gasteiger partial charge in [0.15, 0.2) is 0 Å². The molecule has 0 saturated carbocycles. The number of hydrogen-bond donors (Lipinski definition) is 1. The topological polar surface area (TPSA) is 34.4 Å². The highest BCUT2D eigenvalue weighted by atomic mass is 16.5. The third-order valence-electron chi connectivity index (χ3n) is 3.08. The first-order chi connectivity index (χ1) is 8.74. The van der Waals surface area contributed by atoms with Crippen molar-refractivity contribution in [2.24, 2.45) is 0 Å². The first kappa shape index (κ1) is 12.9. The van der Waals surface area contributed by atoms with E-state index < -0.39 is 0 Å². The lowest BCUT2D eigenvalue weighted by atomic mass is 9.93. The molecular formula is C15H19NO2. The lowest BCUT2D eigenvalue weighted by Crippen LogP contribution is -2.42. The molecule has 0 aliphatic heterocycles. The summed E-state index contributed by atoms with van der Waals surface area (Å²) in [4.78, 5) is 0. The Hall–Kier alpha value is -1.58. The number of furan rings is 1. The summed E-state index contributed by atoms with van der Waals surface area (Å²) in [6.45, 7) is 3.42. The number of benzene rings is 1. The van der Waals surface area contributed by atoms with Crippen LogP contribution in [-0.4, -0.2) is 13.7 Å². The summed E-state index contributed by atoms with van der Waals surface area (Å²) >= 11 is 0. The highest BCUT2D eigenvalue weighted by Crippen LogP contribution is 2.21. The smallest absolute Gasteiger partial charge is 0.117 e. The van der Waals surface area contributed by atoms with Gasteiger partial charge in [-0.1, -0.05) is 30.3 Å². The summed E-state index contributed by atoms with van der Waals surface area (Å²) in [5.74, 6) is 0.924. The van der Waals surface area contributed by atoms with E-state index in [1.165, 1.54) is 5.56 Å². The Morgan fingerprint density at radius 3 is 2.56 bits per heavy atom. The van der Waals surface area contributed by atoms with Crippen LogP contribution in [0.4, 0.5) is 0 Å². The van der Waals surface area contributed by atoms with Crippen LogP contribution < -0.4 is 5.32 Å². The zero-order valence-corrected chi connectivity index (χ0v) is 10.8. The molecule has 2 rings (SSSR count). The maximum Gasteiger partial charge on any atom is 0.117 e. The number of nitrogens with one attached hydrogen (secondary N) is 1. The van der Waals surface area contributed by atoms with Crippen molar-refractivity contribution in [1.82, 2.24) is 5.32 Å². The molecule has 18 heavy (non-hydrogen) atoms. The first-order valence-corrected chi connectivity index (χ1v) is 6.06. The van der Waals surface area contributed by atoms with E-state index in [9.17, 15) is 0 Å². The molecule has 0 amide bonds. The Balaban J connectivity index is 2.11. The molecule has 1 atom stereocenters. The molecule has 0 saturated heterocycles. The van der Waals surface area contributed by atoms with Gasteiger partial charge >= 0.3 is 0 Å². The second-order valence-corrected chi connectivity index (χ2v) is 4.56. The lowest BCUT2D eigenvalue weighted by molar-refractivity contribution is 0.115. The Bertz CT molecular complexity index is 453. The van der Waals surface area contributed by atoms with Crippen LogP contribution in [0.5, 0.6) is 0 Å². The summed E-state index contributed by atoms with van der Waals surface area (Å²) in [5.41, 5.74) is 0.987. The minimum Gasteiger partial charge on any atom is -0.468 e. The van der Waals surface area contributed by atoms with Crippen molar-refractivity contribution in [2.75, 3.05) is 13.7 Å². The molecule has 0 spiro atoms. The Morgan fingerprint density at radius 1 is 1.17 bits per heavy atom. The van der Waals surface area contributed by atoms with Crippen LogP contribution in [0.15, 0.2) is 53.1 Å². The van der Waals surface area contributed by atoms with Gasteiger partial charge in [-0.3, -0.25) is 5.32 Å². The van der Waals surface area contributed by atoms with Crippen molar-refractivity contribution in [3.05, 3.63) is 60.1 Å². The fraction of sp³-hybridized carbons (Fsp3) is 0.333. The fourth-order valence-electron chi connectivity index (χ4n) is 2.03. The Labute approximate surface area is 108 Å². The van der Waals surface area contributed by atoms with Gasteiger partial charge < -0.3 is 9.15 Å². The molecule has 3 heteroatoms. The standard InChI is InChI=1S/C15H19NO2/c1-15(12-17-2,13-7-4-3-5-8-13)16-11-14-9-6-10-18-14/h3-10,16H,11-12H2,1-2H3/t15-/m0/s1. The SMILES string of the molecule is COC[C@](C)(NCc1ccco1)c1ccccc1. The molecule has 0 unspecified atom stereocenters. The number of methoxy groups -OCH3 is 1. The summed E-state index contributed by atoms with van der Waals surface area (Å²) in [6.07, 6.45) is 1.69. The van der Waals surface area contributed by atoms with Crippen LogP contribution in [0.2, 0.25) is 0 Å². The molecule has 1 aromatic carbocycles. The molecule has 2 aromatic rings. The van der Waals surface area contributed by atoms with Crippen LogP contribution in [0.1, 0.15) is 18.2 Å². The van der Waals surface area contributed by atoms with Crippen molar-refractivity contribution in [1.29, 1.82) is 0 Å². The van der Waals surface area contributed by atoms with Crippen molar-refractivity contribution in [3.63, 3.8) is 0 Å². The second-order valence-electron chi connectivity index (χ2n) is 4.56. The van der Waals surface area contributed by atoms with Crippen LogP contribution >= 0.6 is 0 Å². The minimum absolute atomic E-state index is 0.219. The molecule has 3 nitrogen and oxygen atoms in total. The maximum atomic E-state index is 5.34. The number of hydrogen-bond acceptors (Lipinski definition) is 3. The highest BCUT2D eigenvalue weighted by Gasteiger charge is 2.25. The summed E-state index contributed by atoms with van der Waals surface area (Å²) in [7, 11) is 1.72. The molecule has 0 bridgehead atoms. The summed E-state index contributed by atoms with van der Waals surface area (Å²) < 4.78 is 10.7. The maximum absolute atomic E-state index is 5.34. The molecule has 96 valence electrons. The number of ether oxygens (including phenoxy) is 1.